The fraction of sp³-hybridized carbons (Fsp3) is 0. The molecule has 7 heteroatoms. The van der Waals surface area contributed by atoms with Crippen LogP contribution in [0.4, 0.5) is 0 Å². The Morgan fingerprint density at radius 3 is 2.82 bits per heavy atom. The number of rotatable bonds is 3. The van der Waals surface area contributed by atoms with Gasteiger partial charge in [0.25, 0.3) is 0 Å². The number of hydrogen-bond donors (Lipinski definition) is 2. The van der Waals surface area contributed by atoms with Crippen molar-refractivity contribution in [3.05, 3.63) is 18.4 Å². The van der Waals surface area contributed by atoms with E-state index < -0.39 is 10.3 Å². The molecule has 0 spiro atoms. The molecule has 1 rings (SSSR count). The van der Waals surface area contributed by atoms with Crippen LogP contribution in [0.1, 0.15) is 0 Å². The third-order valence-electron chi connectivity index (χ3n) is 0.743. The lowest BCUT2D eigenvalue weighted by Crippen LogP contribution is -2.25. The van der Waals surface area contributed by atoms with Gasteiger partial charge in [-0.05, 0) is 11.0 Å². The summed E-state index contributed by atoms with van der Waals surface area (Å²) in [5.41, 5.74) is 0. The van der Waals surface area contributed by atoms with Crippen molar-refractivity contribution in [3.63, 3.8) is 0 Å². The Bertz CT molecular complexity index is 301. The van der Waals surface area contributed by atoms with Crippen LogP contribution in [0, 0.1) is 0 Å². The predicted molar refractivity (Wildman–Crippen MR) is 34.0 cm³/mol. The van der Waals surface area contributed by atoms with Crippen molar-refractivity contribution < 1.29 is 22.2 Å². The van der Waals surface area contributed by atoms with Crippen LogP contribution in [-0.4, -0.2) is 13.0 Å². The molecule has 1 aromatic heterocycles. The van der Waals surface area contributed by atoms with E-state index in [4.69, 9.17) is 4.55 Å². The minimum atomic E-state index is -4.33. The van der Waals surface area contributed by atoms with Crippen molar-refractivity contribution in [1.82, 2.24) is 4.89 Å². The van der Waals surface area contributed by atoms with E-state index in [1.165, 1.54) is 23.3 Å². The van der Waals surface area contributed by atoms with Gasteiger partial charge in [0.1, 0.15) is 0 Å². The van der Waals surface area contributed by atoms with Crippen LogP contribution in [0.5, 0.6) is 5.95 Å². The van der Waals surface area contributed by atoms with Gasteiger partial charge in [0.05, 0.1) is 6.26 Å². The van der Waals surface area contributed by atoms with Crippen LogP contribution in [0.15, 0.2) is 22.8 Å². The number of furan rings is 1. The Labute approximate surface area is 62.6 Å². The van der Waals surface area contributed by atoms with Crippen molar-refractivity contribution >= 4 is 10.3 Å². The van der Waals surface area contributed by atoms with E-state index in [0.717, 1.165) is 0 Å². The lowest BCUT2D eigenvalue weighted by Gasteiger charge is -1.97. The minimum Gasteiger partial charge on any atom is -0.433 e. The van der Waals surface area contributed by atoms with Crippen LogP contribution in [0.25, 0.3) is 0 Å². The maximum absolute atomic E-state index is 10.0. The highest BCUT2D eigenvalue weighted by Crippen LogP contribution is 2.07. The van der Waals surface area contributed by atoms with E-state index in [9.17, 15) is 8.42 Å². The Morgan fingerprint density at radius 1 is 1.64 bits per heavy atom. The summed E-state index contributed by atoms with van der Waals surface area (Å²) in [6.07, 6.45) is 1.29. The third-order valence-corrected chi connectivity index (χ3v) is 1.04. The molecular weight excluding hydrogens is 174 g/mol. The molecule has 0 radical (unpaired) electrons. The molecule has 0 aromatic carbocycles. The molecule has 6 nitrogen and oxygen atoms in total. The highest BCUT2D eigenvalue weighted by molar-refractivity contribution is 7.83. The fourth-order valence-corrected chi connectivity index (χ4v) is 0.603. The maximum Gasteiger partial charge on any atom is 0.365 e. The van der Waals surface area contributed by atoms with Crippen molar-refractivity contribution in [1.29, 1.82) is 0 Å². The van der Waals surface area contributed by atoms with Gasteiger partial charge in [0.15, 0.2) is 0 Å². The van der Waals surface area contributed by atoms with Crippen LogP contribution in [-0.2, 0) is 10.3 Å². The molecule has 62 valence electrons. The van der Waals surface area contributed by atoms with Crippen LogP contribution >= 0.6 is 0 Å². The molecule has 0 bridgehead atoms. The summed E-state index contributed by atoms with van der Waals surface area (Å²) in [6, 6.07) is 2.87. The summed E-state index contributed by atoms with van der Waals surface area (Å²) in [7, 11) is -4.33. The second-order valence-electron chi connectivity index (χ2n) is 1.59. The van der Waals surface area contributed by atoms with Crippen LogP contribution in [0.2, 0.25) is 0 Å². The lowest BCUT2D eigenvalue weighted by molar-refractivity contribution is 0.195. The summed E-state index contributed by atoms with van der Waals surface area (Å²) < 4.78 is 32.7. The number of hydrogen-bond acceptors (Lipinski definition) is 4. The van der Waals surface area contributed by atoms with Gasteiger partial charge in [0, 0.05) is 6.07 Å². The molecular formula is C4H5NO5S. The summed E-state index contributed by atoms with van der Waals surface area (Å²) in [5.74, 6) is -0.0531. The van der Waals surface area contributed by atoms with Gasteiger partial charge in [-0.15, -0.1) is 0 Å². The van der Waals surface area contributed by atoms with Crippen molar-refractivity contribution in [2.75, 3.05) is 0 Å². The lowest BCUT2D eigenvalue weighted by atomic mass is 10.7. The zero-order valence-electron chi connectivity index (χ0n) is 5.22. The van der Waals surface area contributed by atoms with E-state index >= 15 is 0 Å². The Morgan fingerprint density at radius 2 is 2.36 bits per heavy atom. The molecule has 0 unspecified atom stereocenters. The van der Waals surface area contributed by atoms with Crippen LogP contribution < -0.4 is 9.72 Å². The van der Waals surface area contributed by atoms with Gasteiger partial charge in [-0.1, -0.05) is 0 Å². The smallest absolute Gasteiger partial charge is 0.365 e. The Hall–Kier alpha value is -1.05. The van der Waals surface area contributed by atoms with Gasteiger partial charge in [-0.3, -0.25) is 4.55 Å². The normalized spacial score (nSPS) is 11.4. The highest BCUT2D eigenvalue weighted by atomic mass is 32.2. The Kier molecular flexibility index (Phi) is 2.13. The summed E-state index contributed by atoms with van der Waals surface area (Å²) >= 11 is 0. The van der Waals surface area contributed by atoms with E-state index in [0.29, 0.717) is 0 Å². The second-order valence-corrected chi connectivity index (χ2v) is 2.71. The first-order valence-corrected chi connectivity index (χ1v) is 3.96. The molecule has 11 heavy (non-hydrogen) atoms. The first-order valence-electron chi connectivity index (χ1n) is 2.52. The average Bonchev–Trinajstić information content (AvgIpc) is 2.32. The van der Waals surface area contributed by atoms with Crippen molar-refractivity contribution in [3.8, 4) is 5.95 Å². The first kappa shape index (κ1) is 8.05. The molecule has 0 amide bonds. The molecule has 0 aliphatic heterocycles. The SMILES string of the molecule is O=S(=O)(O)NOc1ccco1. The second kappa shape index (κ2) is 2.91. The van der Waals surface area contributed by atoms with Crippen molar-refractivity contribution in [2.24, 2.45) is 0 Å². The van der Waals surface area contributed by atoms with E-state index in [2.05, 4.69) is 9.25 Å². The van der Waals surface area contributed by atoms with E-state index in [-0.39, 0.29) is 5.95 Å². The fourth-order valence-electron chi connectivity index (χ4n) is 0.415. The standard InChI is InChI=1S/C4H5NO5S/c6-11(7,8)5-10-4-2-1-3-9-4/h1-3,5H,(H,6,7,8). The molecule has 2 N–H and O–H groups in total. The molecule has 0 aliphatic carbocycles. The van der Waals surface area contributed by atoms with Crippen LogP contribution in [0.3, 0.4) is 0 Å². The topological polar surface area (TPSA) is 88.8 Å². The van der Waals surface area contributed by atoms with Gasteiger partial charge in [-0.2, -0.15) is 8.42 Å². The van der Waals surface area contributed by atoms with Gasteiger partial charge in [-0.25, -0.2) is 0 Å². The zero-order valence-corrected chi connectivity index (χ0v) is 6.04. The van der Waals surface area contributed by atoms with Gasteiger partial charge < -0.3 is 9.25 Å². The summed E-state index contributed by atoms with van der Waals surface area (Å²) in [4.78, 5) is 5.61. The molecule has 0 fully saturated rings. The largest absolute Gasteiger partial charge is 0.433 e. The van der Waals surface area contributed by atoms with E-state index in [1.54, 1.807) is 0 Å². The van der Waals surface area contributed by atoms with Crippen molar-refractivity contribution in [2.45, 2.75) is 0 Å². The number of nitrogens with one attached hydrogen (secondary N) is 1. The maximum atomic E-state index is 10.0. The summed E-state index contributed by atoms with van der Waals surface area (Å²) in [5, 5.41) is 0. The average molecular weight is 179 g/mol. The predicted octanol–water partition coefficient (Wildman–Crippen LogP) is -0.0342. The highest BCUT2D eigenvalue weighted by Gasteiger charge is 2.04. The Balaban J connectivity index is 2.48. The first-order chi connectivity index (χ1) is 5.08. The molecule has 1 heterocycles. The monoisotopic (exact) mass is 179 g/mol. The molecule has 0 atom stereocenters. The third kappa shape index (κ3) is 3.03. The van der Waals surface area contributed by atoms with Gasteiger partial charge >= 0.3 is 16.3 Å². The summed E-state index contributed by atoms with van der Waals surface area (Å²) in [6.45, 7) is 0. The van der Waals surface area contributed by atoms with E-state index in [1.807, 2.05) is 0 Å². The minimum absolute atomic E-state index is 0.0531. The molecule has 1 aromatic rings. The van der Waals surface area contributed by atoms with Gasteiger partial charge in [0.2, 0.25) is 0 Å². The molecule has 0 aliphatic rings. The zero-order chi connectivity index (χ0) is 8.32. The quantitative estimate of drug-likeness (QED) is 0.502. The molecule has 0 saturated heterocycles. The molecule has 0 saturated carbocycles.